The van der Waals surface area contributed by atoms with Crippen LogP contribution in [0.5, 0.6) is 0 Å². The molecular weight excluding hydrogens is 151 g/mol. The maximum atomic E-state index is 5.83. The first-order chi connectivity index (χ1) is 5.29. The lowest BCUT2D eigenvalue weighted by atomic mass is 9.88. The summed E-state index contributed by atoms with van der Waals surface area (Å²) in [6.45, 7) is 2.15. The van der Waals surface area contributed by atoms with Crippen LogP contribution >= 0.6 is 11.8 Å². The second-order valence-electron chi connectivity index (χ2n) is 2.88. The summed E-state index contributed by atoms with van der Waals surface area (Å²) in [7, 11) is 5.83. The molecule has 0 N–H and O–H groups in total. The highest BCUT2D eigenvalue weighted by Crippen LogP contribution is 2.32. The van der Waals surface area contributed by atoms with Gasteiger partial charge in [0.05, 0.1) is 0 Å². The molecule has 1 aliphatic heterocycles. The third kappa shape index (κ3) is 1.10. The topological polar surface area (TPSA) is 0 Å². The van der Waals surface area contributed by atoms with Crippen molar-refractivity contribution in [1.82, 2.24) is 0 Å². The molecule has 54 valence electrons. The summed E-state index contributed by atoms with van der Waals surface area (Å²) >= 11 is 1.93. The summed E-state index contributed by atoms with van der Waals surface area (Å²) in [6, 6.07) is 4.12. The molecule has 0 nitrogen and oxygen atoms in total. The number of thioether (sulfide) groups is 1. The van der Waals surface area contributed by atoms with Crippen molar-refractivity contribution in [3.63, 3.8) is 0 Å². The molecular formula is C9H9BS. The third-order valence-electron chi connectivity index (χ3n) is 2.09. The Kier molecular flexibility index (Phi) is 1.72. The fraction of sp³-hybridized carbons (Fsp3) is 0.333. The zero-order valence-corrected chi connectivity index (χ0v) is 7.37. The number of benzene rings is 1. The molecule has 0 saturated heterocycles. The van der Waals surface area contributed by atoms with Gasteiger partial charge in [0.15, 0.2) is 0 Å². The Morgan fingerprint density at radius 3 is 3.00 bits per heavy atom. The average molecular weight is 160 g/mol. The molecule has 2 radical (unpaired) electrons. The predicted molar refractivity (Wildman–Crippen MR) is 51.0 cm³/mol. The maximum Gasteiger partial charge on any atom is 0.114 e. The fourth-order valence-electron chi connectivity index (χ4n) is 1.47. The Balaban J connectivity index is 2.64. The smallest absolute Gasteiger partial charge is 0.114 e. The molecule has 0 saturated carbocycles. The predicted octanol–water partition coefficient (Wildman–Crippen LogP) is 1.44. The monoisotopic (exact) mass is 160 g/mol. The highest BCUT2D eigenvalue weighted by atomic mass is 32.2. The van der Waals surface area contributed by atoms with Gasteiger partial charge in [-0.3, -0.25) is 0 Å². The van der Waals surface area contributed by atoms with E-state index in [1.165, 1.54) is 21.8 Å². The van der Waals surface area contributed by atoms with E-state index in [0.29, 0.717) is 0 Å². The molecule has 0 fully saturated rings. The molecule has 2 heteroatoms. The van der Waals surface area contributed by atoms with Gasteiger partial charge in [0, 0.05) is 10.6 Å². The second kappa shape index (κ2) is 2.60. The van der Waals surface area contributed by atoms with Crippen molar-refractivity contribution in [2.75, 3.05) is 5.75 Å². The van der Waals surface area contributed by atoms with Gasteiger partial charge in [-0.25, -0.2) is 0 Å². The number of hydrogen-bond acceptors (Lipinski definition) is 1. The van der Waals surface area contributed by atoms with Crippen LogP contribution in [0.4, 0.5) is 0 Å². The van der Waals surface area contributed by atoms with Gasteiger partial charge in [-0.05, 0) is 24.5 Å². The molecule has 0 bridgehead atoms. The quantitative estimate of drug-likeness (QED) is 0.517. The molecule has 0 amide bonds. The van der Waals surface area contributed by atoms with E-state index in [9.17, 15) is 0 Å². The third-order valence-corrected chi connectivity index (χ3v) is 3.36. The van der Waals surface area contributed by atoms with E-state index in [4.69, 9.17) is 7.85 Å². The van der Waals surface area contributed by atoms with E-state index < -0.39 is 0 Å². The van der Waals surface area contributed by atoms with Gasteiger partial charge in [0.25, 0.3) is 0 Å². The summed E-state index contributed by atoms with van der Waals surface area (Å²) < 4.78 is 0. The zero-order chi connectivity index (χ0) is 7.84. The minimum atomic E-state index is 0.968. The molecule has 2 rings (SSSR count). The van der Waals surface area contributed by atoms with Crippen LogP contribution < -0.4 is 5.46 Å². The molecule has 1 aromatic carbocycles. The number of fused-ring (bicyclic) bond motifs is 1. The first-order valence-electron chi connectivity index (χ1n) is 3.80. The summed E-state index contributed by atoms with van der Waals surface area (Å²) in [5, 5.41) is 0. The van der Waals surface area contributed by atoms with Gasteiger partial charge >= 0.3 is 0 Å². The molecule has 0 aliphatic carbocycles. The molecule has 1 aliphatic rings. The number of hydrogen-bond donors (Lipinski definition) is 0. The standard InChI is InChI=1S/C9H9BS/c1-6-2-3-8(10)7-4-5-11-9(6)7/h2-3H,4-5H2,1H3. The Bertz CT molecular complexity index is 265. The van der Waals surface area contributed by atoms with Crippen LogP contribution in [0, 0.1) is 6.92 Å². The number of aryl methyl sites for hydroxylation is 1. The van der Waals surface area contributed by atoms with E-state index in [-0.39, 0.29) is 0 Å². The van der Waals surface area contributed by atoms with Crippen LogP contribution in [-0.4, -0.2) is 13.6 Å². The SMILES string of the molecule is [B]c1ccc(C)c2c1CCS2. The average Bonchev–Trinajstić information content (AvgIpc) is 2.45. The van der Waals surface area contributed by atoms with Crippen LogP contribution in [0.25, 0.3) is 0 Å². The summed E-state index contributed by atoms with van der Waals surface area (Å²) in [5.74, 6) is 1.20. The van der Waals surface area contributed by atoms with Crippen LogP contribution in [0.2, 0.25) is 0 Å². The zero-order valence-electron chi connectivity index (χ0n) is 6.55. The van der Waals surface area contributed by atoms with E-state index in [1.54, 1.807) is 0 Å². The Morgan fingerprint density at radius 2 is 2.27 bits per heavy atom. The van der Waals surface area contributed by atoms with E-state index in [0.717, 1.165) is 11.9 Å². The first-order valence-corrected chi connectivity index (χ1v) is 4.78. The lowest BCUT2D eigenvalue weighted by Crippen LogP contribution is -2.09. The first kappa shape index (κ1) is 7.29. The molecule has 1 heterocycles. The molecule has 1 aromatic rings. The van der Waals surface area contributed by atoms with Crippen molar-refractivity contribution >= 4 is 25.1 Å². The van der Waals surface area contributed by atoms with Crippen LogP contribution in [0.1, 0.15) is 11.1 Å². The van der Waals surface area contributed by atoms with Gasteiger partial charge in [-0.1, -0.05) is 17.6 Å². The lowest BCUT2D eigenvalue weighted by molar-refractivity contribution is 1.14. The fourth-order valence-corrected chi connectivity index (χ4v) is 2.67. The van der Waals surface area contributed by atoms with Gasteiger partial charge in [-0.2, -0.15) is 0 Å². The summed E-state index contributed by atoms with van der Waals surface area (Å²) in [4.78, 5) is 1.42. The Labute approximate surface area is 72.8 Å². The van der Waals surface area contributed by atoms with Gasteiger partial charge in [0.1, 0.15) is 7.85 Å². The van der Waals surface area contributed by atoms with Gasteiger partial charge in [-0.15, -0.1) is 11.8 Å². The Morgan fingerprint density at radius 1 is 1.45 bits per heavy atom. The van der Waals surface area contributed by atoms with Crippen molar-refractivity contribution < 1.29 is 0 Å². The second-order valence-corrected chi connectivity index (χ2v) is 3.98. The van der Waals surface area contributed by atoms with E-state index >= 15 is 0 Å². The number of rotatable bonds is 0. The van der Waals surface area contributed by atoms with Crippen molar-refractivity contribution in [2.24, 2.45) is 0 Å². The van der Waals surface area contributed by atoms with E-state index in [2.05, 4.69) is 13.0 Å². The van der Waals surface area contributed by atoms with Crippen LogP contribution in [0.15, 0.2) is 17.0 Å². The summed E-state index contributed by atoms with van der Waals surface area (Å²) in [5.41, 5.74) is 3.71. The van der Waals surface area contributed by atoms with Crippen molar-refractivity contribution in [1.29, 1.82) is 0 Å². The molecule has 0 aromatic heterocycles. The minimum Gasteiger partial charge on any atom is -0.125 e. The summed E-state index contributed by atoms with van der Waals surface area (Å²) in [6.07, 6.45) is 1.15. The van der Waals surface area contributed by atoms with Crippen molar-refractivity contribution in [3.05, 3.63) is 23.3 Å². The lowest BCUT2D eigenvalue weighted by Gasteiger charge is -2.05. The largest absolute Gasteiger partial charge is 0.125 e. The molecule has 0 spiro atoms. The highest BCUT2D eigenvalue weighted by molar-refractivity contribution is 7.99. The van der Waals surface area contributed by atoms with Crippen molar-refractivity contribution in [3.8, 4) is 0 Å². The normalized spacial score (nSPS) is 15.0. The van der Waals surface area contributed by atoms with Crippen LogP contribution in [-0.2, 0) is 6.42 Å². The molecule has 11 heavy (non-hydrogen) atoms. The Hall–Kier alpha value is -0.365. The van der Waals surface area contributed by atoms with Gasteiger partial charge in [0.2, 0.25) is 0 Å². The van der Waals surface area contributed by atoms with Crippen LogP contribution in [0.3, 0.4) is 0 Å². The van der Waals surface area contributed by atoms with Crippen molar-refractivity contribution in [2.45, 2.75) is 18.2 Å². The molecule has 0 unspecified atom stereocenters. The molecule has 0 atom stereocenters. The highest BCUT2D eigenvalue weighted by Gasteiger charge is 2.14. The minimum absolute atomic E-state index is 0.968. The maximum absolute atomic E-state index is 5.83. The van der Waals surface area contributed by atoms with Gasteiger partial charge < -0.3 is 0 Å². The van der Waals surface area contributed by atoms with E-state index in [1.807, 2.05) is 17.8 Å².